The molecule has 0 atom stereocenters. The topological polar surface area (TPSA) is 106 Å². The molecule has 0 unspecified atom stereocenters. The Morgan fingerprint density at radius 3 is 2.28 bits per heavy atom. The van der Waals surface area contributed by atoms with Crippen LogP contribution in [0.2, 0.25) is 0 Å². The molecule has 0 bridgehead atoms. The predicted molar refractivity (Wildman–Crippen MR) is 74.1 cm³/mol. The van der Waals surface area contributed by atoms with Crippen LogP contribution in [0, 0.1) is 0 Å². The van der Waals surface area contributed by atoms with E-state index in [-0.39, 0.29) is 5.96 Å². The van der Waals surface area contributed by atoms with E-state index >= 15 is 0 Å². The van der Waals surface area contributed by atoms with Crippen LogP contribution in [0.5, 0.6) is 0 Å². The molecular formula is C12H18N6. The van der Waals surface area contributed by atoms with E-state index in [0.717, 1.165) is 11.3 Å². The molecule has 18 heavy (non-hydrogen) atoms. The van der Waals surface area contributed by atoms with Gasteiger partial charge in [-0.2, -0.15) is 4.99 Å². The quantitative estimate of drug-likeness (QED) is 0.699. The molecule has 6 nitrogen and oxygen atoms in total. The van der Waals surface area contributed by atoms with Gasteiger partial charge in [0.05, 0.1) is 0 Å². The largest absolute Gasteiger partial charge is 0.369 e. The van der Waals surface area contributed by atoms with Crippen LogP contribution in [-0.2, 0) is 6.54 Å². The van der Waals surface area contributed by atoms with Crippen LogP contribution in [0.25, 0.3) is 0 Å². The molecule has 0 spiro atoms. The third kappa shape index (κ3) is 2.14. The van der Waals surface area contributed by atoms with Crippen molar-refractivity contribution < 1.29 is 0 Å². The summed E-state index contributed by atoms with van der Waals surface area (Å²) in [6, 6.07) is 7.81. The Bertz CT molecular complexity index is 500. The normalized spacial score (nSPS) is 18.3. The summed E-state index contributed by atoms with van der Waals surface area (Å²) in [5.41, 5.74) is 18.6. The molecule has 0 aliphatic carbocycles. The molecule has 6 N–H and O–H groups in total. The van der Waals surface area contributed by atoms with Gasteiger partial charge >= 0.3 is 0 Å². The number of hydrogen-bond donors (Lipinski definition) is 3. The van der Waals surface area contributed by atoms with Crippen molar-refractivity contribution in [2.75, 3.05) is 4.90 Å². The Morgan fingerprint density at radius 1 is 1.17 bits per heavy atom. The van der Waals surface area contributed by atoms with Crippen molar-refractivity contribution in [3.8, 4) is 0 Å². The highest BCUT2D eigenvalue weighted by atomic mass is 15.4. The zero-order chi connectivity index (χ0) is 13.3. The summed E-state index contributed by atoms with van der Waals surface area (Å²) in [6.45, 7) is 4.37. The highest BCUT2D eigenvalue weighted by Crippen LogP contribution is 2.27. The van der Waals surface area contributed by atoms with E-state index in [4.69, 9.17) is 17.2 Å². The third-order valence-corrected chi connectivity index (χ3v) is 2.82. The van der Waals surface area contributed by atoms with Crippen molar-refractivity contribution in [2.24, 2.45) is 27.2 Å². The molecule has 1 aromatic rings. The lowest BCUT2D eigenvalue weighted by atomic mass is 10.1. The monoisotopic (exact) mass is 246 g/mol. The number of guanidine groups is 2. The van der Waals surface area contributed by atoms with Gasteiger partial charge in [-0.1, -0.05) is 12.1 Å². The van der Waals surface area contributed by atoms with E-state index in [0.29, 0.717) is 12.5 Å². The van der Waals surface area contributed by atoms with E-state index in [9.17, 15) is 0 Å². The average molecular weight is 246 g/mol. The summed E-state index contributed by atoms with van der Waals surface area (Å²) >= 11 is 0. The molecule has 1 aliphatic heterocycles. The number of benzene rings is 1. The van der Waals surface area contributed by atoms with Gasteiger partial charge in [0, 0.05) is 12.2 Å². The van der Waals surface area contributed by atoms with Crippen LogP contribution in [0.1, 0.15) is 19.4 Å². The lowest BCUT2D eigenvalue weighted by Crippen LogP contribution is -2.54. The average Bonchev–Trinajstić information content (AvgIpc) is 2.27. The second kappa shape index (κ2) is 4.30. The molecule has 0 fully saturated rings. The third-order valence-electron chi connectivity index (χ3n) is 2.82. The first kappa shape index (κ1) is 12.4. The first-order valence-electron chi connectivity index (χ1n) is 5.73. The first-order valence-corrected chi connectivity index (χ1v) is 5.73. The fraction of sp³-hybridized carbons (Fsp3) is 0.333. The van der Waals surface area contributed by atoms with Crippen LogP contribution in [0.4, 0.5) is 5.69 Å². The van der Waals surface area contributed by atoms with E-state index in [2.05, 4.69) is 9.98 Å². The fourth-order valence-corrected chi connectivity index (χ4v) is 2.03. The van der Waals surface area contributed by atoms with Crippen LogP contribution in [0.15, 0.2) is 34.3 Å². The molecule has 0 saturated carbocycles. The zero-order valence-electron chi connectivity index (χ0n) is 10.6. The molecule has 1 aliphatic rings. The maximum absolute atomic E-state index is 5.94. The lowest BCUT2D eigenvalue weighted by molar-refractivity contribution is 0.534. The maximum Gasteiger partial charge on any atom is 0.220 e. The van der Waals surface area contributed by atoms with Crippen molar-refractivity contribution >= 4 is 17.6 Å². The summed E-state index contributed by atoms with van der Waals surface area (Å²) in [7, 11) is 0. The summed E-state index contributed by atoms with van der Waals surface area (Å²) in [4.78, 5) is 10.1. The molecule has 6 heteroatoms. The van der Waals surface area contributed by atoms with E-state index in [1.54, 1.807) is 0 Å². The van der Waals surface area contributed by atoms with E-state index in [1.165, 1.54) is 0 Å². The Kier molecular flexibility index (Phi) is 2.96. The van der Waals surface area contributed by atoms with Crippen molar-refractivity contribution in [2.45, 2.75) is 26.1 Å². The Hall–Kier alpha value is -2.08. The van der Waals surface area contributed by atoms with Crippen molar-refractivity contribution in [1.29, 1.82) is 0 Å². The van der Waals surface area contributed by atoms with Crippen LogP contribution in [0.3, 0.4) is 0 Å². The molecular weight excluding hydrogens is 228 g/mol. The minimum Gasteiger partial charge on any atom is -0.369 e. The number of hydrogen-bond acceptors (Lipinski definition) is 6. The standard InChI is InChI=1S/C12H18N6/c1-12(2)17-10(14)16-11(15)18(12)9-5-3-8(7-13)4-6-9/h3-6H,7,13H2,1-2H3,(H4,14,15,16,17). The lowest BCUT2D eigenvalue weighted by Gasteiger charge is -2.38. The van der Waals surface area contributed by atoms with Gasteiger partial charge in [-0.05, 0) is 31.5 Å². The second-order valence-corrected chi connectivity index (χ2v) is 4.64. The van der Waals surface area contributed by atoms with Gasteiger partial charge in [0.1, 0.15) is 5.66 Å². The molecule has 1 heterocycles. The van der Waals surface area contributed by atoms with Gasteiger partial charge in [-0.15, -0.1) is 0 Å². The number of anilines is 1. The van der Waals surface area contributed by atoms with E-state index in [1.807, 2.05) is 43.0 Å². The zero-order valence-corrected chi connectivity index (χ0v) is 10.6. The Balaban J connectivity index is 2.40. The van der Waals surface area contributed by atoms with Gasteiger partial charge in [-0.25, -0.2) is 4.99 Å². The van der Waals surface area contributed by atoms with Crippen molar-refractivity contribution in [3.63, 3.8) is 0 Å². The fourth-order valence-electron chi connectivity index (χ4n) is 2.03. The smallest absolute Gasteiger partial charge is 0.220 e. The number of rotatable bonds is 2. The Labute approximate surface area is 106 Å². The second-order valence-electron chi connectivity index (χ2n) is 4.64. The van der Waals surface area contributed by atoms with Crippen molar-refractivity contribution in [3.05, 3.63) is 29.8 Å². The number of nitrogens with zero attached hydrogens (tertiary/aromatic N) is 3. The van der Waals surface area contributed by atoms with E-state index < -0.39 is 5.66 Å². The number of nitrogens with two attached hydrogens (primary N) is 3. The molecule has 0 radical (unpaired) electrons. The van der Waals surface area contributed by atoms with Gasteiger partial charge < -0.3 is 17.2 Å². The van der Waals surface area contributed by atoms with Gasteiger partial charge in [0.15, 0.2) is 0 Å². The van der Waals surface area contributed by atoms with Crippen LogP contribution >= 0.6 is 0 Å². The van der Waals surface area contributed by atoms with Gasteiger partial charge in [0.2, 0.25) is 11.9 Å². The van der Waals surface area contributed by atoms with Crippen molar-refractivity contribution in [1.82, 2.24) is 0 Å². The van der Waals surface area contributed by atoms with Crippen LogP contribution < -0.4 is 22.1 Å². The first-order chi connectivity index (χ1) is 8.44. The van der Waals surface area contributed by atoms with Crippen LogP contribution in [-0.4, -0.2) is 17.6 Å². The maximum atomic E-state index is 5.94. The summed E-state index contributed by atoms with van der Waals surface area (Å²) in [5.74, 6) is 0.542. The summed E-state index contributed by atoms with van der Waals surface area (Å²) < 4.78 is 0. The summed E-state index contributed by atoms with van der Waals surface area (Å²) in [6.07, 6.45) is 0. The molecule has 2 rings (SSSR count). The van der Waals surface area contributed by atoms with Gasteiger partial charge in [-0.3, -0.25) is 4.90 Å². The van der Waals surface area contributed by atoms with Gasteiger partial charge in [0.25, 0.3) is 0 Å². The molecule has 0 amide bonds. The molecule has 0 aromatic heterocycles. The highest BCUT2D eigenvalue weighted by Gasteiger charge is 2.32. The minimum absolute atomic E-state index is 0.201. The highest BCUT2D eigenvalue weighted by molar-refractivity contribution is 6.05. The predicted octanol–water partition coefficient (Wildman–Crippen LogP) is 0.331. The Morgan fingerprint density at radius 2 is 1.78 bits per heavy atom. The summed E-state index contributed by atoms with van der Waals surface area (Å²) in [5, 5.41) is 0. The SMILES string of the molecule is CC1(C)N=C(N)N=C(N)N1c1ccc(CN)cc1. The molecule has 1 aromatic carbocycles. The minimum atomic E-state index is -0.555. The number of aliphatic imine (C=N–C) groups is 2. The molecule has 96 valence electrons. The molecule has 0 saturated heterocycles.